The van der Waals surface area contributed by atoms with Crippen molar-refractivity contribution in [1.29, 1.82) is 0 Å². The Balaban J connectivity index is 0.000000143. The number of ether oxygens (including phenoxy) is 3. The van der Waals surface area contributed by atoms with Gasteiger partial charge in [-0.05, 0) is 177 Å². The highest BCUT2D eigenvalue weighted by Gasteiger charge is 2.51. The number of fused-ring (bicyclic) bond motifs is 6. The Hall–Kier alpha value is -16.5. The second-order valence-corrected chi connectivity index (χ2v) is 33.7. The van der Waals surface area contributed by atoms with Crippen LogP contribution in [0.4, 0.5) is 26.3 Å². The van der Waals surface area contributed by atoms with Crippen LogP contribution in [0.5, 0.6) is 23.0 Å². The van der Waals surface area contributed by atoms with Gasteiger partial charge in [0.05, 0.1) is 59.7 Å². The second kappa shape index (κ2) is 43.5. The van der Waals surface area contributed by atoms with Crippen LogP contribution in [0.25, 0.3) is 55.0 Å². The van der Waals surface area contributed by atoms with E-state index in [4.69, 9.17) is 43.2 Å². The Kier molecular flexibility index (Phi) is 30.1. The molecule has 0 bridgehead atoms. The zero-order valence-corrected chi connectivity index (χ0v) is 76.2. The maximum absolute atomic E-state index is 14.6. The van der Waals surface area contributed by atoms with E-state index >= 15 is 0 Å². The van der Waals surface area contributed by atoms with Gasteiger partial charge >= 0.3 is 40.7 Å². The average molecular weight is 1930 g/mol. The number of benzene rings is 13. The topological polar surface area (TPSA) is 319 Å². The first-order valence-corrected chi connectivity index (χ1v) is 45.8. The van der Waals surface area contributed by atoms with Crippen molar-refractivity contribution in [2.45, 2.75) is 77.8 Å². The van der Waals surface area contributed by atoms with Crippen molar-refractivity contribution < 1.29 is 117 Å². The molecule has 3 aliphatic rings. The zero-order chi connectivity index (χ0) is 99.2. The number of rotatable bonds is 27. The number of hydrogen-bond acceptors (Lipinski definition) is 22. The van der Waals surface area contributed by atoms with Crippen LogP contribution in [-0.4, -0.2) is 121 Å². The molecule has 33 heteroatoms. The molecule has 13 aromatic carbocycles. The number of carbonyl (C=O) groups excluding carboxylic acids is 6. The second-order valence-electron chi connectivity index (χ2n) is 32.2. The summed E-state index contributed by atoms with van der Waals surface area (Å²) in [6.45, 7) is 6.35. The Morgan fingerprint density at radius 2 is 0.730 bits per heavy atom. The first kappa shape index (κ1) is 97.6. The number of carbonyl (C=O) groups is 6. The number of halogens is 6. The number of amides is 3. The van der Waals surface area contributed by atoms with Gasteiger partial charge in [0.25, 0.3) is 17.7 Å². The van der Waals surface area contributed by atoms with Crippen LogP contribution in [-0.2, 0) is 73.7 Å². The molecular formula is C108H85BF6N6O19S. The number of hydrogen-bond donors (Lipinski definition) is 3. The summed E-state index contributed by atoms with van der Waals surface area (Å²) in [7, 11) is -7.84. The van der Waals surface area contributed by atoms with Gasteiger partial charge in [-0.2, -0.15) is 31.4 Å². The lowest BCUT2D eigenvalue weighted by Gasteiger charge is -2.24. The Bertz CT molecular complexity index is 7380. The SMILES string of the molecule is CCOC(=O)c1ccccc1-c1c2c(c(O)c3ncccc13)C(=O)N(Cc1ccc(F)cc1)C2.CCOOC(=O)c1ccccc1-c1c2c(c(OC(c3ccccc3)c3ccccc3)c3ncccc13)C(=O)N(Cc1ccc(F)cc1)C2.CCOOC(=O)c1ccccc1B(O)O.O=C1c2c(c(OS(=O)(=O)C(F)(F)F)c3cccnc3c2OC(c2ccccc2)c2ccccc2)CN1Cc1ccc(F)cc1. The third-order valence-electron chi connectivity index (χ3n) is 23.2. The molecule has 16 aromatic rings. The van der Waals surface area contributed by atoms with Gasteiger partial charge < -0.3 is 48.2 Å². The molecule has 0 fully saturated rings. The smallest absolute Gasteiger partial charge is 0.505 e. The first-order chi connectivity index (χ1) is 68.2. The van der Waals surface area contributed by atoms with E-state index in [0.717, 1.165) is 22.3 Å². The third-order valence-corrected chi connectivity index (χ3v) is 24.1. The van der Waals surface area contributed by atoms with Crippen LogP contribution in [0.15, 0.2) is 322 Å². The standard InChI is InChI=1S/C40H31FN2O5.C32H22F4N2O5S.C27H21FN2O4.C9H11BO5/c1-2-46-48-40(45)31-17-10-9-16-30(31)34-32-18-11-23-42-36(32)38(47-37(27-12-5-3-6-13-27)28-14-7-4-8-15-28)35-33(34)25-43(39(35)44)24-26-19-21-29(41)22-20-26;33-23-15-13-20(14-16-23)18-38-19-25-26(31(38)39)30(42-28(21-8-3-1-4-9-21)22-10-5-2-6-11-22)27-24(12-7-17-37-27)29(25)43-44(40,41)32(34,35)36;1-2-34-27(33)19-7-4-3-6-18(19)22-20-8-5-13-29-24(20)25(31)23-21(22)15-30(26(23)32)14-16-9-11-17(28)12-10-16;1-2-14-15-9(11)7-5-3-4-6-8(7)10(12)13/h3-23,37H,2,24-25H2,1H3;1-17,28H,18-19H2;3-13,31H,2,14-15H2,1H3;3-6,12-13H,2H2,1H3. The van der Waals surface area contributed by atoms with Crippen LogP contribution in [0.3, 0.4) is 0 Å². The highest BCUT2D eigenvalue weighted by Crippen LogP contribution is 2.52. The third kappa shape index (κ3) is 21.3. The molecule has 19 rings (SSSR count). The number of alkyl halides is 3. The zero-order valence-electron chi connectivity index (χ0n) is 75.4. The summed E-state index contributed by atoms with van der Waals surface area (Å²) < 4.78 is 129. The highest BCUT2D eigenvalue weighted by atomic mass is 32.2. The van der Waals surface area contributed by atoms with E-state index < -0.39 is 70.3 Å². The fourth-order valence-corrected chi connectivity index (χ4v) is 17.4. The molecule has 3 amide bonds. The molecule has 6 heterocycles. The van der Waals surface area contributed by atoms with Gasteiger partial charge in [0, 0.05) is 73.0 Å². The van der Waals surface area contributed by atoms with Gasteiger partial charge in [-0.25, -0.2) is 27.6 Å². The van der Waals surface area contributed by atoms with Gasteiger partial charge in [0.15, 0.2) is 23.0 Å². The van der Waals surface area contributed by atoms with Crippen molar-refractivity contribution in [1.82, 2.24) is 29.7 Å². The normalized spacial score (nSPS) is 12.5. The van der Waals surface area contributed by atoms with E-state index in [-0.39, 0.29) is 144 Å². The summed E-state index contributed by atoms with van der Waals surface area (Å²) in [5.74, 6) is -4.87. The number of aromatic nitrogens is 3. The quantitative estimate of drug-likeness (QED) is 0.00819. The van der Waals surface area contributed by atoms with Crippen LogP contribution in [0.1, 0.15) is 151 Å². The van der Waals surface area contributed by atoms with E-state index in [1.165, 1.54) is 83.9 Å². The summed E-state index contributed by atoms with van der Waals surface area (Å²) in [4.78, 5) is 116. The van der Waals surface area contributed by atoms with E-state index in [9.17, 15) is 68.6 Å². The lowest BCUT2D eigenvalue weighted by atomic mass is 9.77. The van der Waals surface area contributed by atoms with Crippen LogP contribution < -0.4 is 19.1 Å². The predicted octanol–water partition coefficient (Wildman–Crippen LogP) is 20.0. The van der Waals surface area contributed by atoms with Crippen LogP contribution in [0, 0.1) is 17.5 Å². The van der Waals surface area contributed by atoms with Crippen molar-refractivity contribution in [2.75, 3.05) is 19.8 Å². The summed E-state index contributed by atoms with van der Waals surface area (Å²) in [6, 6.07) is 85.5. The molecule has 25 nitrogen and oxygen atoms in total. The molecule has 0 unspecified atom stereocenters. The highest BCUT2D eigenvalue weighted by molar-refractivity contribution is 7.88. The minimum absolute atomic E-state index is 0.0448. The maximum atomic E-state index is 14.6. The Morgan fingerprint density at radius 3 is 1.14 bits per heavy atom. The fourth-order valence-electron chi connectivity index (χ4n) is 16.9. The van der Waals surface area contributed by atoms with Crippen molar-refractivity contribution in [2.24, 2.45) is 0 Å². The fraction of sp³-hybridized carbons (Fsp3) is 0.139. The van der Waals surface area contributed by atoms with E-state index in [2.05, 4.69) is 19.7 Å². The van der Waals surface area contributed by atoms with Crippen molar-refractivity contribution >= 4 is 91.0 Å². The molecule has 0 aliphatic carbocycles. The average Bonchev–Trinajstić information content (AvgIpc) is 1.62. The van der Waals surface area contributed by atoms with Crippen LogP contribution in [0.2, 0.25) is 0 Å². The molecule has 0 radical (unpaired) electrons. The van der Waals surface area contributed by atoms with E-state index in [1.807, 2.05) is 158 Å². The molecular weight excluding hydrogens is 1840 g/mol. The summed E-state index contributed by atoms with van der Waals surface area (Å²) in [5.41, 5.74) is 5.14. The monoisotopic (exact) mass is 1930 g/mol. The number of phenols is 1. The minimum atomic E-state index is -6.12. The number of pyridine rings is 3. The molecule has 141 heavy (non-hydrogen) atoms. The van der Waals surface area contributed by atoms with Gasteiger partial charge in [-0.3, -0.25) is 39.1 Å². The predicted molar refractivity (Wildman–Crippen MR) is 510 cm³/mol. The van der Waals surface area contributed by atoms with Crippen molar-refractivity contribution in [3.8, 4) is 45.3 Å². The molecule has 3 aliphatic heterocycles. The molecule has 3 aromatic heterocycles. The number of esters is 1. The molecule has 0 saturated carbocycles. The van der Waals surface area contributed by atoms with Gasteiger partial charge in [-0.15, -0.1) is 0 Å². The molecule has 0 saturated heterocycles. The van der Waals surface area contributed by atoms with Crippen molar-refractivity contribution in [3.63, 3.8) is 0 Å². The Morgan fingerprint density at radius 1 is 0.390 bits per heavy atom. The van der Waals surface area contributed by atoms with Crippen molar-refractivity contribution in [3.05, 3.63) is 428 Å². The Labute approximate surface area is 804 Å². The molecule has 712 valence electrons. The van der Waals surface area contributed by atoms with Gasteiger partial charge in [0.1, 0.15) is 46.2 Å². The van der Waals surface area contributed by atoms with Gasteiger partial charge in [0.2, 0.25) is 0 Å². The summed E-state index contributed by atoms with van der Waals surface area (Å²) in [5, 5.41) is 30.3. The molecule has 3 N–H and O–H groups in total. The largest absolute Gasteiger partial charge is 0.534 e. The minimum Gasteiger partial charge on any atom is -0.505 e. The molecule has 0 atom stereocenters. The molecule has 0 spiro atoms. The number of aromatic hydroxyl groups is 1. The van der Waals surface area contributed by atoms with Gasteiger partial charge in [-0.1, -0.05) is 224 Å². The maximum Gasteiger partial charge on any atom is 0.534 e. The summed E-state index contributed by atoms with van der Waals surface area (Å²) in [6.07, 6.45) is 3.22. The number of phenolic OH excluding ortho intramolecular Hbond substituents is 1. The van der Waals surface area contributed by atoms with E-state index in [0.29, 0.717) is 83.2 Å². The first-order valence-electron chi connectivity index (χ1n) is 44.4. The summed E-state index contributed by atoms with van der Waals surface area (Å²) >= 11 is 0. The lowest BCUT2D eigenvalue weighted by molar-refractivity contribution is -0.236. The number of nitrogens with zero attached hydrogens (tertiary/aromatic N) is 6. The van der Waals surface area contributed by atoms with Crippen LogP contribution >= 0.6 is 0 Å². The van der Waals surface area contributed by atoms with E-state index in [1.54, 1.807) is 116 Å². The lowest BCUT2D eigenvalue weighted by Crippen LogP contribution is -2.35.